The standard InChI is InChI=1S/C22H26N4O.ClH/c1-23-15-17-13-14-25(16-17)22(27)12-11-21-24-19-9-5-6-10-20(19)26(21)18-7-3-2-4-8-18;/h2-10,17,23H,11-16H2,1H3;1H. The number of carbonyl (C=O) groups is 1. The molecule has 1 aliphatic heterocycles. The zero-order valence-corrected chi connectivity index (χ0v) is 17.0. The molecular formula is C22H27ClN4O. The average molecular weight is 399 g/mol. The predicted octanol–water partition coefficient (Wildman–Crippen LogP) is 3.45. The van der Waals surface area contributed by atoms with Crippen LogP contribution in [0.5, 0.6) is 0 Å². The molecule has 1 unspecified atom stereocenters. The van der Waals surface area contributed by atoms with Crippen molar-refractivity contribution in [2.75, 3.05) is 26.7 Å². The van der Waals surface area contributed by atoms with Crippen LogP contribution in [0.25, 0.3) is 16.7 Å². The molecule has 0 spiro atoms. The summed E-state index contributed by atoms with van der Waals surface area (Å²) in [5.41, 5.74) is 3.14. The number of carbonyl (C=O) groups excluding carboxylic acids is 1. The van der Waals surface area contributed by atoms with Crippen molar-refractivity contribution in [2.24, 2.45) is 5.92 Å². The van der Waals surface area contributed by atoms with Gasteiger partial charge in [-0.25, -0.2) is 4.98 Å². The van der Waals surface area contributed by atoms with Crippen LogP contribution >= 0.6 is 12.4 Å². The molecule has 28 heavy (non-hydrogen) atoms. The monoisotopic (exact) mass is 398 g/mol. The third-order valence-electron chi connectivity index (χ3n) is 5.34. The van der Waals surface area contributed by atoms with Crippen molar-refractivity contribution >= 4 is 29.3 Å². The lowest BCUT2D eigenvalue weighted by Crippen LogP contribution is -2.30. The summed E-state index contributed by atoms with van der Waals surface area (Å²) in [6, 6.07) is 18.4. The average Bonchev–Trinajstić information content (AvgIpc) is 3.31. The highest BCUT2D eigenvalue weighted by Crippen LogP contribution is 2.23. The minimum atomic E-state index is 0. The summed E-state index contributed by atoms with van der Waals surface area (Å²) in [4.78, 5) is 19.5. The molecule has 3 aromatic rings. The van der Waals surface area contributed by atoms with Crippen molar-refractivity contribution in [2.45, 2.75) is 19.3 Å². The van der Waals surface area contributed by atoms with Gasteiger partial charge in [0.1, 0.15) is 5.82 Å². The third kappa shape index (κ3) is 4.21. The Bertz CT molecular complexity index is 925. The molecule has 4 rings (SSSR count). The van der Waals surface area contributed by atoms with Crippen LogP contribution < -0.4 is 5.32 Å². The van der Waals surface area contributed by atoms with Crippen molar-refractivity contribution in [1.29, 1.82) is 0 Å². The summed E-state index contributed by atoms with van der Waals surface area (Å²) in [7, 11) is 1.97. The minimum absolute atomic E-state index is 0. The van der Waals surface area contributed by atoms with E-state index in [-0.39, 0.29) is 18.3 Å². The summed E-state index contributed by atoms with van der Waals surface area (Å²) >= 11 is 0. The number of hydrogen-bond acceptors (Lipinski definition) is 3. The topological polar surface area (TPSA) is 50.2 Å². The number of halogens is 1. The molecule has 5 nitrogen and oxygen atoms in total. The molecule has 1 N–H and O–H groups in total. The van der Waals surface area contributed by atoms with Gasteiger partial charge in [0.05, 0.1) is 11.0 Å². The van der Waals surface area contributed by atoms with E-state index in [0.717, 1.165) is 48.6 Å². The smallest absolute Gasteiger partial charge is 0.223 e. The van der Waals surface area contributed by atoms with E-state index in [1.807, 2.05) is 48.3 Å². The zero-order chi connectivity index (χ0) is 18.6. The first kappa shape index (κ1) is 20.4. The van der Waals surface area contributed by atoms with Gasteiger partial charge in [-0.2, -0.15) is 0 Å². The Kier molecular flexibility index (Phi) is 6.70. The number of aromatic nitrogens is 2. The lowest BCUT2D eigenvalue weighted by Gasteiger charge is -2.17. The molecule has 1 amide bonds. The molecule has 148 valence electrons. The third-order valence-corrected chi connectivity index (χ3v) is 5.34. The van der Waals surface area contributed by atoms with E-state index >= 15 is 0 Å². The number of rotatable bonds is 6. The fourth-order valence-corrected chi connectivity index (χ4v) is 4.00. The molecule has 0 radical (unpaired) electrons. The van der Waals surface area contributed by atoms with Gasteiger partial charge in [-0.1, -0.05) is 30.3 Å². The van der Waals surface area contributed by atoms with Gasteiger partial charge in [-0.3, -0.25) is 9.36 Å². The molecule has 6 heteroatoms. The van der Waals surface area contributed by atoms with Gasteiger partial charge in [0.25, 0.3) is 0 Å². The Morgan fingerprint density at radius 3 is 2.68 bits per heavy atom. The van der Waals surface area contributed by atoms with Crippen molar-refractivity contribution in [3.8, 4) is 5.69 Å². The highest BCUT2D eigenvalue weighted by atomic mass is 35.5. The minimum Gasteiger partial charge on any atom is -0.342 e. The summed E-state index contributed by atoms with van der Waals surface area (Å²) in [6.45, 7) is 2.72. The van der Waals surface area contributed by atoms with Crippen LogP contribution in [0, 0.1) is 5.92 Å². The number of amides is 1. The predicted molar refractivity (Wildman–Crippen MR) is 115 cm³/mol. The highest BCUT2D eigenvalue weighted by molar-refractivity contribution is 5.85. The van der Waals surface area contributed by atoms with E-state index in [2.05, 4.69) is 28.1 Å². The maximum absolute atomic E-state index is 12.7. The van der Waals surface area contributed by atoms with Crippen molar-refractivity contribution in [3.05, 3.63) is 60.4 Å². The number of imidazole rings is 1. The number of aryl methyl sites for hydroxylation is 1. The molecule has 0 bridgehead atoms. The molecule has 1 aliphatic rings. The summed E-state index contributed by atoms with van der Waals surface area (Å²) in [6.07, 6.45) is 2.24. The van der Waals surface area contributed by atoms with Crippen LogP contribution in [-0.4, -0.2) is 47.0 Å². The number of nitrogens with one attached hydrogen (secondary N) is 1. The Labute approximate surface area is 172 Å². The maximum Gasteiger partial charge on any atom is 0.223 e. The molecule has 2 heterocycles. The van der Waals surface area contributed by atoms with Gasteiger partial charge in [0.15, 0.2) is 0 Å². The Morgan fingerprint density at radius 1 is 1.14 bits per heavy atom. The van der Waals surface area contributed by atoms with Gasteiger partial charge < -0.3 is 10.2 Å². The number of benzene rings is 2. The molecule has 1 saturated heterocycles. The summed E-state index contributed by atoms with van der Waals surface area (Å²) in [5, 5.41) is 3.22. The van der Waals surface area contributed by atoms with Gasteiger partial charge in [0, 0.05) is 31.6 Å². The first-order valence-electron chi connectivity index (χ1n) is 9.70. The van der Waals surface area contributed by atoms with Gasteiger partial charge in [-0.05, 0) is 50.2 Å². The van der Waals surface area contributed by atoms with Crippen molar-refractivity contribution < 1.29 is 4.79 Å². The number of nitrogens with zero attached hydrogens (tertiary/aromatic N) is 3. The number of para-hydroxylation sites is 3. The molecular weight excluding hydrogens is 372 g/mol. The SMILES string of the molecule is CNCC1CCN(C(=O)CCc2nc3ccccc3n2-c2ccccc2)C1.Cl. The van der Waals surface area contributed by atoms with Crippen LogP contribution in [0.1, 0.15) is 18.7 Å². The molecule has 0 saturated carbocycles. The van der Waals surface area contributed by atoms with E-state index < -0.39 is 0 Å². The fraction of sp³-hybridized carbons (Fsp3) is 0.364. The lowest BCUT2D eigenvalue weighted by atomic mass is 10.1. The van der Waals surface area contributed by atoms with Crippen LogP contribution in [0.15, 0.2) is 54.6 Å². The van der Waals surface area contributed by atoms with E-state index in [9.17, 15) is 4.79 Å². The number of fused-ring (bicyclic) bond motifs is 1. The van der Waals surface area contributed by atoms with Gasteiger partial charge in [0.2, 0.25) is 5.91 Å². The normalized spacial score (nSPS) is 16.3. The Morgan fingerprint density at radius 2 is 1.89 bits per heavy atom. The summed E-state index contributed by atoms with van der Waals surface area (Å²) < 4.78 is 2.18. The fourth-order valence-electron chi connectivity index (χ4n) is 4.00. The quantitative estimate of drug-likeness (QED) is 0.691. The molecule has 1 aromatic heterocycles. The van der Waals surface area contributed by atoms with Crippen LogP contribution in [0.3, 0.4) is 0 Å². The molecule has 0 aliphatic carbocycles. The van der Waals surface area contributed by atoms with E-state index in [1.54, 1.807) is 0 Å². The highest BCUT2D eigenvalue weighted by Gasteiger charge is 2.25. The molecule has 1 fully saturated rings. The van der Waals surface area contributed by atoms with Crippen LogP contribution in [-0.2, 0) is 11.2 Å². The second-order valence-corrected chi connectivity index (χ2v) is 7.24. The van der Waals surface area contributed by atoms with Crippen molar-refractivity contribution in [1.82, 2.24) is 19.8 Å². The second kappa shape index (κ2) is 9.22. The Hall–Kier alpha value is -2.37. The van der Waals surface area contributed by atoms with E-state index in [4.69, 9.17) is 4.98 Å². The second-order valence-electron chi connectivity index (χ2n) is 7.24. The van der Waals surface area contributed by atoms with E-state index in [0.29, 0.717) is 18.8 Å². The lowest BCUT2D eigenvalue weighted by molar-refractivity contribution is -0.130. The number of hydrogen-bond donors (Lipinski definition) is 1. The zero-order valence-electron chi connectivity index (χ0n) is 16.2. The first-order valence-corrected chi connectivity index (χ1v) is 9.70. The van der Waals surface area contributed by atoms with Gasteiger partial charge in [-0.15, -0.1) is 12.4 Å². The largest absolute Gasteiger partial charge is 0.342 e. The van der Waals surface area contributed by atoms with Crippen molar-refractivity contribution in [3.63, 3.8) is 0 Å². The Balaban J connectivity index is 0.00000225. The summed E-state index contributed by atoms with van der Waals surface area (Å²) in [5.74, 6) is 1.76. The molecule has 1 atom stereocenters. The molecule has 2 aromatic carbocycles. The van der Waals surface area contributed by atoms with Crippen LogP contribution in [0.4, 0.5) is 0 Å². The van der Waals surface area contributed by atoms with Crippen LogP contribution in [0.2, 0.25) is 0 Å². The number of likely N-dealkylation sites (tertiary alicyclic amines) is 1. The van der Waals surface area contributed by atoms with Gasteiger partial charge >= 0.3 is 0 Å². The first-order chi connectivity index (χ1) is 13.3. The maximum atomic E-state index is 12.7. The van der Waals surface area contributed by atoms with E-state index in [1.165, 1.54) is 0 Å².